The average Bonchev–Trinajstić information content (AvgIpc) is 1.97. The standard InChI is InChI=1S/C6H5Cl2NO/c7-4-1-3(9)2-5(8)6(4)10/h1-2,10H,9H2/i1D. The number of rotatable bonds is 0. The van der Waals surface area contributed by atoms with E-state index in [2.05, 4.69) is 0 Å². The molecule has 0 fully saturated rings. The number of hydrogen-bond acceptors (Lipinski definition) is 2. The minimum absolute atomic E-state index is 0.0588. The summed E-state index contributed by atoms with van der Waals surface area (Å²) in [5.74, 6) is -0.299. The molecule has 1 rings (SSSR count). The molecule has 1 aromatic rings. The third kappa shape index (κ3) is 1.28. The second-order valence-electron chi connectivity index (χ2n) is 1.74. The quantitative estimate of drug-likeness (QED) is 0.474. The van der Waals surface area contributed by atoms with E-state index in [4.69, 9.17) is 35.4 Å². The van der Waals surface area contributed by atoms with Gasteiger partial charge in [-0.25, -0.2) is 0 Å². The van der Waals surface area contributed by atoms with Crippen LogP contribution in [0.3, 0.4) is 0 Å². The van der Waals surface area contributed by atoms with Crippen LogP contribution in [0.4, 0.5) is 5.69 Å². The van der Waals surface area contributed by atoms with Gasteiger partial charge in [-0.15, -0.1) is 0 Å². The first kappa shape index (κ1) is 6.13. The molecule has 0 bridgehead atoms. The van der Waals surface area contributed by atoms with E-state index in [-0.39, 0.29) is 27.5 Å². The Bertz CT molecular complexity index is 277. The molecule has 4 heteroatoms. The number of phenols is 1. The van der Waals surface area contributed by atoms with Crippen LogP contribution in [0.15, 0.2) is 12.1 Å². The van der Waals surface area contributed by atoms with Gasteiger partial charge in [-0.1, -0.05) is 23.2 Å². The second-order valence-corrected chi connectivity index (χ2v) is 2.52. The van der Waals surface area contributed by atoms with Gasteiger partial charge in [-0.2, -0.15) is 0 Å². The molecule has 0 heterocycles. The van der Waals surface area contributed by atoms with Crippen molar-refractivity contribution in [3.05, 3.63) is 22.2 Å². The second kappa shape index (κ2) is 2.56. The molecule has 3 N–H and O–H groups in total. The Hall–Kier alpha value is -0.600. The SMILES string of the molecule is [2H]c1c(N)cc(Cl)c(O)c1Cl. The van der Waals surface area contributed by atoms with Crippen LogP contribution in [0.5, 0.6) is 5.75 Å². The summed E-state index contributed by atoms with van der Waals surface area (Å²) in [7, 11) is 0. The van der Waals surface area contributed by atoms with Gasteiger partial charge in [0.15, 0.2) is 5.75 Å². The number of hydrogen-bond donors (Lipinski definition) is 2. The maximum Gasteiger partial charge on any atom is 0.152 e. The molecule has 10 heavy (non-hydrogen) atoms. The fourth-order valence-electron chi connectivity index (χ4n) is 0.532. The van der Waals surface area contributed by atoms with Crippen molar-refractivity contribution in [1.29, 1.82) is 0 Å². The number of anilines is 1. The van der Waals surface area contributed by atoms with Gasteiger partial charge in [0.2, 0.25) is 0 Å². The van der Waals surface area contributed by atoms with Crippen molar-refractivity contribution in [3.8, 4) is 5.75 Å². The Morgan fingerprint density at radius 3 is 2.70 bits per heavy atom. The maximum absolute atomic E-state index is 9.07. The summed E-state index contributed by atoms with van der Waals surface area (Å²) in [5, 5.41) is 9.02. The Balaban J connectivity index is 3.46. The normalized spacial score (nSPS) is 11.2. The molecule has 0 aliphatic rings. The Labute approximate surface area is 69.6 Å². The molecule has 0 radical (unpaired) electrons. The molecular weight excluding hydrogens is 173 g/mol. The summed E-state index contributed by atoms with van der Waals surface area (Å²) < 4.78 is 7.21. The molecule has 0 unspecified atom stereocenters. The minimum Gasteiger partial charge on any atom is -0.505 e. The molecular formula is C6H5Cl2NO. The van der Waals surface area contributed by atoms with E-state index < -0.39 is 0 Å². The third-order valence-corrected chi connectivity index (χ3v) is 1.53. The lowest BCUT2D eigenvalue weighted by Gasteiger charge is -1.99. The van der Waals surface area contributed by atoms with Crippen molar-refractivity contribution in [2.24, 2.45) is 0 Å². The summed E-state index contributed by atoms with van der Waals surface area (Å²) >= 11 is 11.0. The highest BCUT2D eigenvalue weighted by atomic mass is 35.5. The van der Waals surface area contributed by atoms with E-state index >= 15 is 0 Å². The van der Waals surface area contributed by atoms with Crippen LogP contribution < -0.4 is 5.73 Å². The monoisotopic (exact) mass is 178 g/mol. The van der Waals surface area contributed by atoms with Crippen molar-refractivity contribution in [2.45, 2.75) is 0 Å². The zero-order chi connectivity index (χ0) is 8.59. The van der Waals surface area contributed by atoms with Crippen molar-refractivity contribution in [2.75, 3.05) is 5.73 Å². The topological polar surface area (TPSA) is 46.2 Å². The molecule has 1 aromatic carbocycles. The highest BCUT2D eigenvalue weighted by Gasteiger charge is 2.03. The van der Waals surface area contributed by atoms with Gasteiger partial charge >= 0.3 is 0 Å². The van der Waals surface area contributed by atoms with Gasteiger partial charge in [0, 0.05) is 5.69 Å². The van der Waals surface area contributed by atoms with Gasteiger partial charge in [-0.05, 0) is 12.1 Å². The third-order valence-electron chi connectivity index (χ3n) is 0.970. The molecule has 54 valence electrons. The first-order valence-corrected chi connectivity index (χ1v) is 3.22. The summed E-state index contributed by atoms with van der Waals surface area (Å²) in [6.07, 6.45) is 0. The lowest BCUT2D eigenvalue weighted by Crippen LogP contribution is -1.83. The minimum atomic E-state index is -0.299. The average molecular weight is 179 g/mol. The van der Waals surface area contributed by atoms with E-state index in [0.717, 1.165) is 0 Å². The smallest absolute Gasteiger partial charge is 0.152 e. The molecule has 0 amide bonds. The van der Waals surface area contributed by atoms with E-state index in [1.54, 1.807) is 0 Å². The predicted octanol–water partition coefficient (Wildman–Crippen LogP) is 2.28. The summed E-state index contributed by atoms with van der Waals surface area (Å²) in [4.78, 5) is 0. The number of benzene rings is 1. The number of nitrogen functional groups attached to an aromatic ring is 1. The Morgan fingerprint density at radius 1 is 1.50 bits per heavy atom. The van der Waals surface area contributed by atoms with Gasteiger partial charge in [0.05, 0.1) is 11.4 Å². The van der Waals surface area contributed by atoms with Gasteiger partial charge in [-0.3, -0.25) is 0 Å². The van der Waals surface area contributed by atoms with Crippen LogP contribution in [0.1, 0.15) is 1.37 Å². The van der Waals surface area contributed by atoms with Crippen molar-refractivity contribution < 1.29 is 6.48 Å². The van der Waals surface area contributed by atoms with Crippen LogP contribution in [-0.4, -0.2) is 5.11 Å². The van der Waals surface area contributed by atoms with Crippen LogP contribution in [0.2, 0.25) is 10.0 Å². The lowest BCUT2D eigenvalue weighted by atomic mass is 10.3. The first-order valence-electron chi connectivity index (χ1n) is 2.97. The molecule has 2 nitrogen and oxygen atoms in total. The number of nitrogens with two attached hydrogens (primary N) is 1. The number of halogens is 2. The molecule has 0 aliphatic heterocycles. The highest BCUT2D eigenvalue weighted by molar-refractivity contribution is 6.37. The zero-order valence-electron chi connectivity index (χ0n) is 5.86. The molecule has 0 aromatic heterocycles. The molecule has 0 atom stereocenters. The molecule has 0 aliphatic carbocycles. The fourth-order valence-corrected chi connectivity index (χ4v) is 1.00. The van der Waals surface area contributed by atoms with E-state index in [9.17, 15) is 0 Å². The van der Waals surface area contributed by atoms with Gasteiger partial charge in [0.1, 0.15) is 0 Å². The predicted molar refractivity (Wildman–Crippen MR) is 42.5 cm³/mol. The highest BCUT2D eigenvalue weighted by Crippen LogP contribution is 2.33. The van der Waals surface area contributed by atoms with Crippen molar-refractivity contribution in [1.82, 2.24) is 0 Å². The van der Waals surface area contributed by atoms with E-state index in [0.29, 0.717) is 0 Å². The summed E-state index contributed by atoms with van der Waals surface area (Å²) in [5.41, 5.74) is 5.47. The maximum atomic E-state index is 9.07. The van der Waals surface area contributed by atoms with Crippen LogP contribution in [-0.2, 0) is 0 Å². The van der Waals surface area contributed by atoms with Crippen LogP contribution >= 0.6 is 23.2 Å². The Kier molecular flexibility index (Phi) is 1.57. The molecule has 0 spiro atoms. The lowest BCUT2D eigenvalue weighted by molar-refractivity contribution is 0.476. The zero-order valence-corrected chi connectivity index (χ0v) is 6.37. The fraction of sp³-hybridized carbons (Fsp3) is 0. The van der Waals surface area contributed by atoms with Crippen LogP contribution in [0, 0.1) is 0 Å². The largest absolute Gasteiger partial charge is 0.505 e. The van der Waals surface area contributed by atoms with Crippen molar-refractivity contribution >= 4 is 28.9 Å². The van der Waals surface area contributed by atoms with E-state index in [1.165, 1.54) is 6.07 Å². The molecule has 0 saturated carbocycles. The van der Waals surface area contributed by atoms with Crippen LogP contribution in [0.25, 0.3) is 0 Å². The van der Waals surface area contributed by atoms with E-state index in [1.807, 2.05) is 0 Å². The number of aromatic hydroxyl groups is 1. The number of phenolic OH excluding ortho intramolecular Hbond substituents is 1. The summed E-state index contributed by atoms with van der Waals surface area (Å²) in [6.45, 7) is 0. The first-order chi connectivity index (χ1) is 5.04. The van der Waals surface area contributed by atoms with Gasteiger partial charge in [0.25, 0.3) is 0 Å². The van der Waals surface area contributed by atoms with Crippen molar-refractivity contribution in [3.63, 3.8) is 0 Å². The van der Waals surface area contributed by atoms with Gasteiger partial charge < -0.3 is 10.8 Å². The molecule has 0 saturated heterocycles. The summed E-state index contributed by atoms with van der Waals surface area (Å²) in [6, 6.07) is 1.18. The Morgan fingerprint density at radius 2 is 2.10 bits per heavy atom.